The van der Waals surface area contributed by atoms with Crippen molar-refractivity contribution < 1.29 is 19.1 Å². The van der Waals surface area contributed by atoms with E-state index in [9.17, 15) is 9.59 Å². The molecule has 2 amide bonds. The summed E-state index contributed by atoms with van der Waals surface area (Å²) in [4.78, 5) is 29.5. The molecule has 1 aromatic carbocycles. The lowest BCUT2D eigenvalue weighted by molar-refractivity contribution is -0.135. The Morgan fingerprint density at radius 2 is 1.64 bits per heavy atom. The Morgan fingerprint density at radius 3 is 2.29 bits per heavy atom. The third-order valence-electron chi connectivity index (χ3n) is 6.60. The van der Waals surface area contributed by atoms with E-state index in [0.717, 1.165) is 32.4 Å². The number of nitrogens with one attached hydrogen (secondary N) is 1. The fourth-order valence-corrected chi connectivity index (χ4v) is 4.68. The second-order valence-electron chi connectivity index (χ2n) is 8.06. The zero-order valence-corrected chi connectivity index (χ0v) is 16.7. The highest BCUT2D eigenvalue weighted by Gasteiger charge is 2.58. The third kappa shape index (κ3) is 3.43. The van der Waals surface area contributed by atoms with Gasteiger partial charge in [-0.1, -0.05) is 0 Å². The van der Waals surface area contributed by atoms with E-state index >= 15 is 0 Å². The van der Waals surface area contributed by atoms with Crippen LogP contribution in [-0.4, -0.2) is 75.1 Å². The first-order valence-electron chi connectivity index (χ1n) is 10.1. The van der Waals surface area contributed by atoms with Crippen molar-refractivity contribution in [1.82, 2.24) is 15.1 Å². The predicted octanol–water partition coefficient (Wildman–Crippen LogP) is 1.38. The van der Waals surface area contributed by atoms with Gasteiger partial charge in [0.25, 0.3) is 5.91 Å². The maximum Gasteiger partial charge on any atom is 0.254 e. The number of amides is 2. The highest BCUT2D eigenvalue weighted by atomic mass is 16.5. The molecule has 3 aliphatic rings. The summed E-state index contributed by atoms with van der Waals surface area (Å²) in [5.41, 5.74) is 0.836. The molecule has 4 rings (SSSR count). The lowest BCUT2D eigenvalue weighted by Crippen LogP contribution is -2.51. The molecule has 1 aromatic rings. The number of carbonyl (C=O) groups excluding carboxylic acids is 2. The highest BCUT2D eigenvalue weighted by Crippen LogP contribution is 2.59. The average Bonchev–Trinajstić information content (AvgIpc) is 3.45. The lowest BCUT2D eigenvalue weighted by atomic mass is 9.91. The Bertz CT molecular complexity index is 752. The number of hydrogen-bond acceptors (Lipinski definition) is 5. The van der Waals surface area contributed by atoms with Gasteiger partial charge in [-0.2, -0.15) is 0 Å². The van der Waals surface area contributed by atoms with E-state index in [0.29, 0.717) is 49.1 Å². The molecule has 1 spiro atoms. The quantitative estimate of drug-likeness (QED) is 0.845. The molecule has 2 saturated heterocycles. The van der Waals surface area contributed by atoms with Crippen LogP contribution in [0.5, 0.6) is 11.5 Å². The summed E-state index contributed by atoms with van der Waals surface area (Å²) in [5.74, 6) is 1.60. The number of rotatable bonds is 4. The van der Waals surface area contributed by atoms with E-state index < -0.39 is 0 Å². The first-order valence-corrected chi connectivity index (χ1v) is 10.1. The topological polar surface area (TPSA) is 71.1 Å². The van der Waals surface area contributed by atoms with Crippen LogP contribution in [0.25, 0.3) is 0 Å². The molecule has 3 fully saturated rings. The summed E-state index contributed by atoms with van der Waals surface area (Å²) in [5, 5.41) is 3.38. The van der Waals surface area contributed by atoms with E-state index in [-0.39, 0.29) is 17.2 Å². The molecule has 1 atom stereocenters. The number of benzene rings is 1. The maximum atomic E-state index is 12.9. The van der Waals surface area contributed by atoms with Gasteiger partial charge in [-0.15, -0.1) is 0 Å². The Morgan fingerprint density at radius 1 is 1.00 bits per heavy atom. The van der Waals surface area contributed by atoms with Crippen molar-refractivity contribution in [3.8, 4) is 11.5 Å². The number of methoxy groups -OCH3 is 2. The SMILES string of the molecule is COc1ccc(C(=O)N2CCN(C(=O)C3CC34CCNCC4)CC2)cc1OC. The van der Waals surface area contributed by atoms with Crippen molar-refractivity contribution >= 4 is 11.8 Å². The van der Waals surface area contributed by atoms with Gasteiger partial charge >= 0.3 is 0 Å². The standard InChI is InChI=1S/C21H29N3O4/c1-27-17-4-3-15(13-18(17)28-2)19(25)23-9-11-24(12-10-23)20(26)16-14-21(16)5-7-22-8-6-21/h3-4,13,16,22H,5-12,14H2,1-2H3. The summed E-state index contributed by atoms with van der Waals surface area (Å²) >= 11 is 0. The van der Waals surface area contributed by atoms with Gasteiger partial charge in [0.15, 0.2) is 11.5 Å². The van der Waals surface area contributed by atoms with E-state index in [1.54, 1.807) is 32.4 Å². The molecule has 0 radical (unpaired) electrons. The maximum absolute atomic E-state index is 12.9. The predicted molar refractivity (Wildman–Crippen MR) is 105 cm³/mol. The van der Waals surface area contributed by atoms with Gasteiger partial charge in [0, 0.05) is 37.7 Å². The van der Waals surface area contributed by atoms with Crippen molar-refractivity contribution in [2.45, 2.75) is 19.3 Å². The van der Waals surface area contributed by atoms with Crippen LogP contribution in [0.15, 0.2) is 18.2 Å². The molecule has 2 aliphatic heterocycles. The van der Waals surface area contributed by atoms with Gasteiger partial charge in [-0.3, -0.25) is 9.59 Å². The molecule has 152 valence electrons. The highest BCUT2D eigenvalue weighted by molar-refractivity contribution is 5.95. The lowest BCUT2D eigenvalue weighted by Gasteiger charge is -2.35. The molecular formula is C21H29N3O4. The summed E-state index contributed by atoms with van der Waals surface area (Å²) in [6.45, 7) is 4.42. The minimum atomic E-state index is -0.0331. The first kappa shape index (κ1) is 19.1. The smallest absolute Gasteiger partial charge is 0.254 e. The molecule has 0 aromatic heterocycles. The number of nitrogens with zero attached hydrogens (tertiary/aromatic N) is 2. The van der Waals surface area contributed by atoms with Gasteiger partial charge in [-0.25, -0.2) is 0 Å². The van der Waals surface area contributed by atoms with Crippen LogP contribution in [0.1, 0.15) is 29.6 Å². The molecule has 28 heavy (non-hydrogen) atoms. The fraction of sp³-hybridized carbons (Fsp3) is 0.619. The second kappa shape index (κ2) is 7.62. The van der Waals surface area contributed by atoms with Gasteiger partial charge in [0.1, 0.15) is 0 Å². The number of hydrogen-bond donors (Lipinski definition) is 1. The van der Waals surface area contributed by atoms with Crippen LogP contribution in [0.3, 0.4) is 0 Å². The van der Waals surface area contributed by atoms with Crippen molar-refractivity contribution in [2.24, 2.45) is 11.3 Å². The van der Waals surface area contributed by atoms with Crippen molar-refractivity contribution in [3.05, 3.63) is 23.8 Å². The number of carbonyl (C=O) groups is 2. The van der Waals surface area contributed by atoms with Crippen molar-refractivity contribution in [3.63, 3.8) is 0 Å². The van der Waals surface area contributed by atoms with E-state index in [2.05, 4.69) is 5.32 Å². The van der Waals surface area contributed by atoms with Crippen LogP contribution >= 0.6 is 0 Å². The molecule has 1 unspecified atom stereocenters. The molecule has 7 nitrogen and oxygen atoms in total. The third-order valence-corrected chi connectivity index (χ3v) is 6.60. The molecule has 1 N–H and O–H groups in total. The fourth-order valence-electron chi connectivity index (χ4n) is 4.68. The Kier molecular flexibility index (Phi) is 5.19. The van der Waals surface area contributed by atoms with E-state index in [1.165, 1.54) is 0 Å². The van der Waals surface area contributed by atoms with Gasteiger partial charge < -0.3 is 24.6 Å². The van der Waals surface area contributed by atoms with Gasteiger partial charge in [0.2, 0.25) is 5.91 Å². The van der Waals surface area contributed by atoms with Crippen molar-refractivity contribution in [2.75, 3.05) is 53.5 Å². The Labute approximate surface area is 166 Å². The molecule has 1 aliphatic carbocycles. The zero-order valence-electron chi connectivity index (χ0n) is 16.7. The van der Waals surface area contributed by atoms with Crippen LogP contribution in [-0.2, 0) is 4.79 Å². The van der Waals surface area contributed by atoms with Gasteiger partial charge in [0.05, 0.1) is 14.2 Å². The minimum absolute atomic E-state index is 0.0331. The van der Waals surface area contributed by atoms with Crippen LogP contribution in [0.4, 0.5) is 0 Å². The summed E-state index contributed by atoms with van der Waals surface area (Å²) in [7, 11) is 3.13. The van der Waals surface area contributed by atoms with Crippen LogP contribution < -0.4 is 14.8 Å². The average molecular weight is 387 g/mol. The van der Waals surface area contributed by atoms with Crippen molar-refractivity contribution in [1.29, 1.82) is 0 Å². The second-order valence-corrected chi connectivity index (χ2v) is 8.06. The molecule has 1 saturated carbocycles. The first-order chi connectivity index (χ1) is 13.6. The number of piperazine rings is 1. The number of piperidine rings is 1. The monoisotopic (exact) mass is 387 g/mol. The molecule has 7 heteroatoms. The number of ether oxygens (including phenoxy) is 2. The van der Waals surface area contributed by atoms with Gasteiger partial charge in [-0.05, 0) is 56.0 Å². The normalized spacial score (nSPS) is 23.4. The summed E-state index contributed by atoms with van der Waals surface area (Å²) in [6, 6.07) is 5.22. The Hall–Kier alpha value is -2.28. The summed E-state index contributed by atoms with van der Waals surface area (Å²) < 4.78 is 10.5. The molecule has 0 bridgehead atoms. The van der Waals surface area contributed by atoms with E-state index in [1.807, 2.05) is 9.80 Å². The summed E-state index contributed by atoms with van der Waals surface area (Å²) in [6.07, 6.45) is 3.26. The Balaban J connectivity index is 1.34. The molecular weight excluding hydrogens is 358 g/mol. The largest absolute Gasteiger partial charge is 0.493 e. The molecule has 2 heterocycles. The van der Waals surface area contributed by atoms with Crippen LogP contribution in [0.2, 0.25) is 0 Å². The van der Waals surface area contributed by atoms with E-state index in [4.69, 9.17) is 9.47 Å². The zero-order chi connectivity index (χ0) is 19.7. The minimum Gasteiger partial charge on any atom is -0.493 e. The van der Waals surface area contributed by atoms with Crippen LogP contribution in [0, 0.1) is 11.3 Å².